The van der Waals surface area contributed by atoms with Crippen LogP contribution >= 0.6 is 0 Å². The monoisotopic (exact) mass is 213 g/mol. The lowest BCUT2D eigenvalue weighted by molar-refractivity contribution is -0.508. The van der Waals surface area contributed by atoms with Gasteiger partial charge in [-0.2, -0.15) is 0 Å². The number of aliphatic imine (C=N–C) groups is 1. The van der Waals surface area contributed by atoms with Crippen LogP contribution in [0.2, 0.25) is 0 Å². The normalized spacial score (nSPS) is 16.7. The minimum atomic E-state index is -0.121. The molecule has 0 bridgehead atoms. The lowest BCUT2D eigenvalue weighted by Gasteiger charge is -2.41. The number of aliphatic hydroxyl groups is 1. The molecule has 15 heavy (non-hydrogen) atoms. The van der Waals surface area contributed by atoms with Crippen molar-refractivity contribution in [2.24, 2.45) is 10.4 Å². The van der Waals surface area contributed by atoms with E-state index in [0.717, 1.165) is 12.8 Å². The second-order valence-corrected chi connectivity index (χ2v) is 4.79. The van der Waals surface area contributed by atoms with Crippen molar-refractivity contribution in [3.05, 3.63) is 0 Å². The van der Waals surface area contributed by atoms with Gasteiger partial charge in [-0.15, -0.1) is 0 Å². The molecule has 0 aromatic carbocycles. The number of aliphatic hydroxyl groups excluding tert-OH is 1. The molecule has 0 aliphatic rings. The van der Waals surface area contributed by atoms with Crippen LogP contribution in [0, 0.1) is 5.41 Å². The smallest absolute Gasteiger partial charge is 0.279 e. The highest BCUT2D eigenvalue weighted by atomic mass is 16.3. The Bertz CT molecular complexity index is 246. The van der Waals surface area contributed by atoms with Gasteiger partial charge in [-0.1, -0.05) is 18.8 Å². The van der Waals surface area contributed by atoms with E-state index < -0.39 is 0 Å². The Balaban J connectivity index is 5.02. The summed E-state index contributed by atoms with van der Waals surface area (Å²) < 4.78 is 1.88. The summed E-state index contributed by atoms with van der Waals surface area (Å²) in [6.07, 6.45) is 3.52. The third-order valence-corrected chi connectivity index (χ3v) is 3.89. The zero-order chi connectivity index (χ0) is 12.1. The number of rotatable bonds is 6. The van der Waals surface area contributed by atoms with Crippen molar-refractivity contribution in [1.82, 2.24) is 0 Å². The van der Waals surface area contributed by atoms with Crippen molar-refractivity contribution < 1.29 is 9.68 Å². The van der Waals surface area contributed by atoms with Crippen LogP contribution in [0.25, 0.3) is 0 Å². The van der Waals surface area contributed by atoms with Gasteiger partial charge in [0.05, 0.1) is 6.72 Å². The molecule has 0 heterocycles. The van der Waals surface area contributed by atoms with Gasteiger partial charge in [0, 0.05) is 12.0 Å². The van der Waals surface area contributed by atoms with Crippen LogP contribution in [0.5, 0.6) is 0 Å². The third-order valence-electron chi connectivity index (χ3n) is 3.89. The van der Waals surface area contributed by atoms with Crippen LogP contribution in [0.1, 0.15) is 40.5 Å². The summed E-state index contributed by atoms with van der Waals surface area (Å²) in [4.78, 5) is 3.99. The van der Waals surface area contributed by atoms with E-state index in [9.17, 15) is 0 Å². The van der Waals surface area contributed by atoms with Crippen LogP contribution in [0.15, 0.2) is 4.99 Å². The molecular formula is C12H25N2O+. The molecule has 3 nitrogen and oxygen atoms in total. The van der Waals surface area contributed by atoms with E-state index in [2.05, 4.69) is 39.4 Å². The maximum atomic E-state index is 9.14. The summed E-state index contributed by atoms with van der Waals surface area (Å²) >= 11 is 0. The number of hydrogen-bond acceptors (Lipinski definition) is 2. The molecule has 0 aromatic rings. The summed E-state index contributed by atoms with van der Waals surface area (Å²) in [5, 5.41) is 9.14. The first-order valence-electron chi connectivity index (χ1n) is 5.48. The van der Waals surface area contributed by atoms with Crippen LogP contribution < -0.4 is 0 Å². The second-order valence-electron chi connectivity index (χ2n) is 4.79. The van der Waals surface area contributed by atoms with Gasteiger partial charge in [0.2, 0.25) is 0 Å². The fourth-order valence-corrected chi connectivity index (χ4v) is 1.79. The Morgan fingerprint density at radius 3 is 2.27 bits per heavy atom. The van der Waals surface area contributed by atoms with Gasteiger partial charge in [0.25, 0.3) is 6.34 Å². The van der Waals surface area contributed by atoms with Crippen molar-refractivity contribution in [2.75, 3.05) is 13.7 Å². The van der Waals surface area contributed by atoms with E-state index in [1.807, 2.05) is 4.58 Å². The molecule has 0 saturated heterocycles. The highest BCUT2D eigenvalue weighted by Gasteiger charge is 2.43. The average Bonchev–Trinajstić information content (AvgIpc) is 2.18. The highest BCUT2D eigenvalue weighted by molar-refractivity contribution is 5.48. The SMILES string of the molecule is C=[N+](/C=N\C)C(C)(C)C(C)(CC)CCO. The third kappa shape index (κ3) is 2.88. The predicted molar refractivity (Wildman–Crippen MR) is 66.0 cm³/mol. The molecule has 3 heteroatoms. The molecule has 0 saturated carbocycles. The first-order chi connectivity index (χ1) is 6.85. The fraction of sp³-hybridized carbons (Fsp3) is 0.833. The van der Waals surface area contributed by atoms with E-state index in [0.29, 0.717) is 0 Å². The number of nitrogens with zero attached hydrogens (tertiary/aromatic N) is 2. The van der Waals surface area contributed by atoms with Gasteiger partial charge in [0.15, 0.2) is 0 Å². The summed E-state index contributed by atoms with van der Waals surface area (Å²) in [5.74, 6) is 0. The second kappa shape index (κ2) is 5.40. The van der Waals surface area contributed by atoms with E-state index in [1.165, 1.54) is 0 Å². The topological polar surface area (TPSA) is 35.6 Å². The van der Waals surface area contributed by atoms with E-state index >= 15 is 0 Å². The first-order valence-corrected chi connectivity index (χ1v) is 5.48. The molecule has 0 radical (unpaired) electrons. The largest absolute Gasteiger partial charge is 0.396 e. The van der Waals surface area contributed by atoms with Gasteiger partial charge in [-0.05, 0) is 26.7 Å². The highest BCUT2D eigenvalue weighted by Crippen LogP contribution is 2.39. The number of hydrogen-bond donors (Lipinski definition) is 1. The zero-order valence-electron chi connectivity index (χ0n) is 10.7. The van der Waals surface area contributed by atoms with Gasteiger partial charge in [-0.25, -0.2) is 4.58 Å². The van der Waals surface area contributed by atoms with Gasteiger partial charge >= 0.3 is 0 Å². The van der Waals surface area contributed by atoms with Crippen LogP contribution in [0.4, 0.5) is 0 Å². The molecule has 88 valence electrons. The van der Waals surface area contributed by atoms with Crippen LogP contribution in [-0.2, 0) is 0 Å². The van der Waals surface area contributed by atoms with Gasteiger partial charge in [0.1, 0.15) is 12.6 Å². The fourth-order valence-electron chi connectivity index (χ4n) is 1.79. The maximum Gasteiger partial charge on any atom is 0.279 e. The van der Waals surface area contributed by atoms with Crippen molar-refractivity contribution in [3.63, 3.8) is 0 Å². The van der Waals surface area contributed by atoms with Crippen molar-refractivity contribution in [1.29, 1.82) is 0 Å². The maximum absolute atomic E-state index is 9.14. The minimum absolute atomic E-state index is 0.0324. The van der Waals surface area contributed by atoms with Crippen LogP contribution in [0.3, 0.4) is 0 Å². The molecule has 0 fully saturated rings. The molecule has 0 aliphatic carbocycles. The Morgan fingerprint density at radius 1 is 1.40 bits per heavy atom. The van der Waals surface area contributed by atoms with Crippen molar-refractivity contribution in [2.45, 2.75) is 46.1 Å². The Hall–Kier alpha value is -0.700. The molecule has 1 atom stereocenters. The Kier molecular flexibility index (Phi) is 5.15. The molecule has 0 rings (SSSR count). The molecule has 0 amide bonds. The minimum Gasteiger partial charge on any atom is -0.396 e. The molecule has 0 aliphatic heterocycles. The summed E-state index contributed by atoms with van der Waals surface area (Å²) in [7, 11) is 1.74. The summed E-state index contributed by atoms with van der Waals surface area (Å²) in [5.41, 5.74) is -0.0886. The van der Waals surface area contributed by atoms with E-state index in [4.69, 9.17) is 5.11 Å². The van der Waals surface area contributed by atoms with Crippen molar-refractivity contribution >= 4 is 13.1 Å². The van der Waals surface area contributed by atoms with Crippen LogP contribution in [-0.4, -0.2) is 41.9 Å². The van der Waals surface area contributed by atoms with Gasteiger partial charge < -0.3 is 5.11 Å². The molecule has 1 N–H and O–H groups in total. The standard InChI is InChI=1S/C12H25N2O/c1-7-12(4,8-9-15)11(2,3)14(6)10-13-5/h10,15H,6-9H2,1-5H3/q+1/b13-10-. The molecule has 0 spiro atoms. The zero-order valence-corrected chi connectivity index (χ0v) is 10.7. The Morgan fingerprint density at radius 2 is 1.93 bits per heavy atom. The summed E-state index contributed by atoms with van der Waals surface area (Å²) in [6, 6.07) is 0. The lowest BCUT2D eigenvalue weighted by atomic mass is 9.68. The van der Waals surface area contributed by atoms with Crippen molar-refractivity contribution in [3.8, 4) is 0 Å². The summed E-state index contributed by atoms with van der Waals surface area (Å²) in [6.45, 7) is 12.8. The molecular weight excluding hydrogens is 188 g/mol. The van der Waals surface area contributed by atoms with E-state index in [1.54, 1.807) is 13.4 Å². The molecule has 1 unspecified atom stereocenters. The molecule has 0 aromatic heterocycles. The average molecular weight is 213 g/mol. The predicted octanol–water partition coefficient (Wildman–Crippen LogP) is 1.93. The first kappa shape index (κ1) is 14.3. The Labute approximate surface area is 93.5 Å². The van der Waals surface area contributed by atoms with E-state index in [-0.39, 0.29) is 17.6 Å². The lowest BCUT2D eigenvalue weighted by Crippen LogP contribution is -2.49. The quantitative estimate of drug-likeness (QED) is 0.408. The van der Waals surface area contributed by atoms with Gasteiger partial charge in [-0.3, -0.25) is 0 Å².